The summed E-state index contributed by atoms with van der Waals surface area (Å²) in [5.41, 5.74) is 4.81. The fourth-order valence-corrected chi connectivity index (χ4v) is 2.68. The van der Waals surface area contributed by atoms with Crippen molar-refractivity contribution >= 4 is 17.4 Å². The molecule has 4 rings (SSSR count). The van der Waals surface area contributed by atoms with Crippen LogP contribution in [0, 0.1) is 6.92 Å². The van der Waals surface area contributed by atoms with Crippen molar-refractivity contribution in [1.29, 1.82) is 0 Å². The van der Waals surface area contributed by atoms with Gasteiger partial charge in [0.2, 0.25) is 11.7 Å². The normalized spacial score (nSPS) is 20.9. The molecule has 1 N–H and O–H groups in total. The van der Waals surface area contributed by atoms with E-state index in [2.05, 4.69) is 20.6 Å². The Labute approximate surface area is 138 Å². The Kier molecular flexibility index (Phi) is 3.73. The van der Waals surface area contributed by atoms with Crippen molar-refractivity contribution in [2.75, 3.05) is 18.2 Å². The fourth-order valence-electron chi connectivity index (χ4n) is 2.68. The molecule has 2 aliphatic heterocycles. The van der Waals surface area contributed by atoms with Gasteiger partial charge < -0.3 is 9.26 Å². The minimum atomic E-state index is -0.151. The lowest BCUT2D eigenvalue weighted by Gasteiger charge is -2.26. The summed E-state index contributed by atoms with van der Waals surface area (Å²) in [6.07, 6.45) is 1.75. The summed E-state index contributed by atoms with van der Waals surface area (Å²) in [5, 5.41) is 5.41. The van der Waals surface area contributed by atoms with Gasteiger partial charge in [0.15, 0.2) is 0 Å². The molecule has 0 radical (unpaired) electrons. The Morgan fingerprint density at radius 3 is 2.88 bits per heavy atom. The van der Waals surface area contributed by atoms with Gasteiger partial charge in [0.05, 0.1) is 5.69 Å². The molecule has 2 aliphatic rings. The summed E-state index contributed by atoms with van der Waals surface area (Å²) in [6, 6.07) is 7.62. The number of aliphatic imine (C=N–C) groups is 1. The lowest BCUT2D eigenvalue weighted by atomic mass is 10.2. The van der Waals surface area contributed by atoms with Crippen LogP contribution in [-0.4, -0.2) is 35.0 Å². The average Bonchev–Trinajstić information content (AvgIpc) is 3.27. The molecule has 24 heavy (non-hydrogen) atoms. The molecule has 0 bridgehead atoms. The maximum absolute atomic E-state index is 12.1. The highest BCUT2D eigenvalue weighted by atomic mass is 16.5. The van der Waals surface area contributed by atoms with Gasteiger partial charge in [0.1, 0.15) is 12.6 Å². The van der Waals surface area contributed by atoms with Crippen LogP contribution in [0.4, 0.5) is 5.69 Å². The van der Waals surface area contributed by atoms with Crippen LogP contribution in [0.1, 0.15) is 36.2 Å². The zero-order valence-electron chi connectivity index (χ0n) is 13.2. The first-order valence-electron chi connectivity index (χ1n) is 7.87. The van der Waals surface area contributed by atoms with Crippen molar-refractivity contribution in [3.8, 4) is 0 Å². The van der Waals surface area contributed by atoms with E-state index in [1.165, 1.54) is 5.01 Å². The first-order valence-corrected chi connectivity index (χ1v) is 7.87. The molecular weight excluding hydrogens is 310 g/mol. The summed E-state index contributed by atoms with van der Waals surface area (Å²) in [4.78, 5) is 20.7. The SMILES string of the molecule is Cc1ccc(N2NC(c3nc(C4CCCO4)no3)=NCC2=O)cc1. The van der Waals surface area contributed by atoms with Crippen LogP contribution in [0.5, 0.6) is 0 Å². The van der Waals surface area contributed by atoms with Crippen LogP contribution in [0.15, 0.2) is 33.8 Å². The van der Waals surface area contributed by atoms with E-state index < -0.39 is 0 Å². The number of nitrogens with zero attached hydrogens (tertiary/aromatic N) is 4. The number of carbonyl (C=O) groups is 1. The van der Waals surface area contributed by atoms with Crippen LogP contribution in [0.25, 0.3) is 0 Å². The molecular formula is C16H17N5O3. The van der Waals surface area contributed by atoms with Crippen molar-refractivity contribution in [2.45, 2.75) is 25.9 Å². The quantitative estimate of drug-likeness (QED) is 0.919. The molecule has 1 aromatic heterocycles. The van der Waals surface area contributed by atoms with Gasteiger partial charge in [-0.05, 0) is 31.9 Å². The highest BCUT2D eigenvalue weighted by Crippen LogP contribution is 2.26. The predicted octanol–water partition coefficient (Wildman–Crippen LogP) is 1.53. The van der Waals surface area contributed by atoms with Gasteiger partial charge in [-0.2, -0.15) is 4.98 Å². The monoisotopic (exact) mass is 327 g/mol. The van der Waals surface area contributed by atoms with Gasteiger partial charge in [-0.25, -0.2) is 5.01 Å². The molecule has 0 spiro atoms. The molecule has 1 fully saturated rings. The number of aromatic nitrogens is 2. The molecule has 8 nitrogen and oxygen atoms in total. The molecule has 1 amide bonds. The fraction of sp³-hybridized carbons (Fsp3) is 0.375. The Hall–Kier alpha value is -2.74. The number of anilines is 1. The third-order valence-corrected chi connectivity index (χ3v) is 3.99. The molecule has 124 valence electrons. The van der Waals surface area contributed by atoms with E-state index in [4.69, 9.17) is 9.26 Å². The first kappa shape index (κ1) is 14.8. The van der Waals surface area contributed by atoms with E-state index in [0.29, 0.717) is 18.3 Å². The van der Waals surface area contributed by atoms with Crippen LogP contribution in [0.2, 0.25) is 0 Å². The van der Waals surface area contributed by atoms with Crippen LogP contribution >= 0.6 is 0 Å². The van der Waals surface area contributed by atoms with E-state index in [9.17, 15) is 4.79 Å². The molecule has 0 aliphatic carbocycles. The number of carbonyl (C=O) groups excluding carboxylic acids is 1. The van der Waals surface area contributed by atoms with Crippen molar-refractivity contribution in [3.05, 3.63) is 41.5 Å². The van der Waals surface area contributed by atoms with E-state index in [-0.39, 0.29) is 24.4 Å². The predicted molar refractivity (Wildman–Crippen MR) is 85.4 cm³/mol. The van der Waals surface area contributed by atoms with Gasteiger partial charge in [0, 0.05) is 6.61 Å². The molecule has 1 atom stereocenters. The number of ether oxygens (including phenoxy) is 1. The number of amidine groups is 1. The van der Waals surface area contributed by atoms with Crippen LogP contribution < -0.4 is 10.4 Å². The zero-order chi connectivity index (χ0) is 16.5. The molecule has 1 unspecified atom stereocenters. The number of hydrogen-bond donors (Lipinski definition) is 1. The van der Waals surface area contributed by atoms with Gasteiger partial charge in [-0.15, -0.1) is 0 Å². The average molecular weight is 327 g/mol. The summed E-state index contributed by atoms with van der Waals surface area (Å²) in [7, 11) is 0. The molecule has 8 heteroatoms. The highest BCUT2D eigenvalue weighted by Gasteiger charge is 2.28. The van der Waals surface area contributed by atoms with Crippen LogP contribution in [-0.2, 0) is 9.53 Å². The number of benzene rings is 1. The third kappa shape index (κ3) is 2.76. The number of hydrogen-bond acceptors (Lipinski definition) is 7. The maximum Gasteiger partial charge on any atom is 0.294 e. The van der Waals surface area contributed by atoms with E-state index >= 15 is 0 Å². The Morgan fingerprint density at radius 2 is 2.12 bits per heavy atom. The van der Waals surface area contributed by atoms with Gasteiger partial charge in [-0.1, -0.05) is 22.9 Å². The first-order chi connectivity index (χ1) is 11.7. The van der Waals surface area contributed by atoms with E-state index in [1.807, 2.05) is 31.2 Å². The largest absolute Gasteiger partial charge is 0.370 e. The van der Waals surface area contributed by atoms with Crippen molar-refractivity contribution < 1.29 is 14.1 Å². The van der Waals surface area contributed by atoms with Gasteiger partial charge in [0.25, 0.3) is 11.8 Å². The van der Waals surface area contributed by atoms with Gasteiger partial charge in [-0.3, -0.25) is 15.2 Å². The number of rotatable bonds is 3. The minimum Gasteiger partial charge on any atom is -0.370 e. The summed E-state index contributed by atoms with van der Waals surface area (Å²) in [5.74, 6) is 1.00. The zero-order valence-corrected chi connectivity index (χ0v) is 13.2. The second-order valence-electron chi connectivity index (χ2n) is 5.80. The van der Waals surface area contributed by atoms with Crippen molar-refractivity contribution in [2.24, 2.45) is 4.99 Å². The Morgan fingerprint density at radius 1 is 1.29 bits per heavy atom. The highest BCUT2D eigenvalue weighted by molar-refractivity contribution is 6.06. The number of aryl methyl sites for hydroxylation is 1. The Balaban J connectivity index is 1.55. The lowest BCUT2D eigenvalue weighted by Crippen LogP contribution is -2.51. The van der Waals surface area contributed by atoms with Crippen molar-refractivity contribution in [1.82, 2.24) is 15.6 Å². The molecule has 1 aromatic carbocycles. The molecule has 3 heterocycles. The van der Waals surface area contributed by atoms with E-state index in [1.54, 1.807) is 0 Å². The van der Waals surface area contributed by atoms with Crippen molar-refractivity contribution in [3.63, 3.8) is 0 Å². The number of nitrogens with one attached hydrogen (secondary N) is 1. The minimum absolute atomic E-state index is 0.0217. The standard InChI is InChI=1S/C16H17N5O3/c1-10-4-6-11(7-5-10)21-13(22)9-17-15(19-21)16-18-14(20-24-16)12-3-2-8-23-12/h4-7,12H,2-3,8-9H2,1H3,(H,17,19). The summed E-state index contributed by atoms with van der Waals surface area (Å²) >= 11 is 0. The third-order valence-electron chi connectivity index (χ3n) is 3.99. The topological polar surface area (TPSA) is 92.8 Å². The van der Waals surface area contributed by atoms with E-state index in [0.717, 1.165) is 24.1 Å². The second kappa shape index (κ2) is 6.04. The van der Waals surface area contributed by atoms with Gasteiger partial charge >= 0.3 is 0 Å². The summed E-state index contributed by atoms with van der Waals surface area (Å²) in [6.45, 7) is 2.73. The second-order valence-corrected chi connectivity index (χ2v) is 5.80. The number of hydrazine groups is 1. The summed E-state index contributed by atoms with van der Waals surface area (Å²) < 4.78 is 10.8. The van der Waals surface area contributed by atoms with Crippen LogP contribution in [0.3, 0.4) is 0 Å². The molecule has 2 aromatic rings. The Bertz CT molecular complexity index is 777. The smallest absolute Gasteiger partial charge is 0.294 e. The maximum atomic E-state index is 12.1. The number of amides is 1. The molecule has 1 saturated heterocycles. The molecule has 0 saturated carbocycles. The lowest BCUT2D eigenvalue weighted by molar-refractivity contribution is -0.117.